The van der Waals surface area contributed by atoms with Crippen LogP contribution in [0.3, 0.4) is 0 Å². The van der Waals surface area contributed by atoms with E-state index in [0.29, 0.717) is 28.5 Å². The van der Waals surface area contributed by atoms with Crippen molar-refractivity contribution in [2.75, 3.05) is 43.6 Å². The minimum Gasteiger partial charge on any atom is -0.488 e. The molecule has 0 aromatic heterocycles. The van der Waals surface area contributed by atoms with Gasteiger partial charge in [-0.05, 0) is 61.5 Å². The highest BCUT2D eigenvalue weighted by Crippen LogP contribution is 2.34. The summed E-state index contributed by atoms with van der Waals surface area (Å²) in [6, 6.07) is 13.2. The lowest BCUT2D eigenvalue weighted by Gasteiger charge is -2.34. The first-order valence-corrected chi connectivity index (χ1v) is 15.8. The molecular formula is C31H35FN4O8S. The summed E-state index contributed by atoms with van der Waals surface area (Å²) in [4.78, 5) is 29.5. The predicted octanol–water partition coefficient (Wildman–Crippen LogP) is 3.67. The van der Waals surface area contributed by atoms with Crippen LogP contribution in [0.15, 0.2) is 65.6 Å². The van der Waals surface area contributed by atoms with Gasteiger partial charge in [0.1, 0.15) is 17.7 Å². The molecule has 14 heteroatoms. The molecule has 0 unspecified atom stereocenters. The second kappa shape index (κ2) is 13.2. The highest BCUT2D eigenvalue weighted by atomic mass is 32.2. The third kappa shape index (κ3) is 7.40. The summed E-state index contributed by atoms with van der Waals surface area (Å²) in [6.07, 6.45) is -0.705. The maximum absolute atomic E-state index is 13.5. The number of amides is 3. The first-order chi connectivity index (χ1) is 21.4. The van der Waals surface area contributed by atoms with Crippen LogP contribution in [0.4, 0.5) is 20.6 Å². The number of anilines is 2. The first kappa shape index (κ1) is 31.9. The van der Waals surface area contributed by atoms with Crippen molar-refractivity contribution in [3.05, 3.63) is 72.0 Å². The quantitative estimate of drug-likeness (QED) is 0.338. The molecule has 2 aliphatic heterocycles. The maximum atomic E-state index is 13.5. The van der Waals surface area contributed by atoms with Gasteiger partial charge in [-0.2, -0.15) is 0 Å². The van der Waals surface area contributed by atoms with E-state index in [1.54, 1.807) is 43.1 Å². The molecule has 0 saturated carbocycles. The Hall–Kier alpha value is -4.56. The second-order valence-electron chi connectivity index (χ2n) is 11.1. The first-order valence-electron chi connectivity index (χ1n) is 14.3. The molecule has 2 heterocycles. The molecule has 2 aliphatic rings. The molecule has 0 spiro atoms. The van der Waals surface area contributed by atoms with E-state index in [2.05, 4.69) is 10.0 Å². The third-order valence-electron chi connectivity index (χ3n) is 7.72. The van der Waals surface area contributed by atoms with Gasteiger partial charge >= 0.3 is 6.03 Å². The van der Waals surface area contributed by atoms with Crippen molar-refractivity contribution >= 4 is 33.3 Å². The Kier molecular flexibility index (Phi) is 9.34. The standard InChI is InChI=1S/C31H35FN4O8S/c1-19-15-36(20(2)17-37)30(38)13-21-12-24(34-45(40,41)25-8-4-22(32)5-9-25)7-10-26(21)44-29(19)16-35(3)31(39)33-23-6-11-27-28(14-23)43-18-42-27/h4-12,14,19-20,29,34,37H,13,15-18H2,1-3H3,(H,33,39)/t19-,20-,29-/m0/s1. The number of sulfonamides is 1. The van der Waals surface area contributed by atoms with Gasteiger partial charge in [-0.1, -0.05) is 6.92 Å². The van der Waals surface area contributed by atoms with Crippen molar-refractivity contribution in [1.82, 2.24) is 9.80 Å². The maximum Gasteiger partial charge on any atom is 0.321 e. The smallest absolute Gasteiger partial charge is 0.321 e. The number of nitrogens with zero attached hydrogens (tertiary/aromatic N) is 2. The van der Waals surface area contributed by atoms with Gasteiger partial charge in [0.05, 0.1) is 30.5 Å². The zero-order valence-electron chi connectivity index (χ0n) is 25.0. The number of carbonyl (C=O) groups is 2. The number of fused-ring (bicyclic) bond motifs is 2. The molecule has 3 amide bonds. The molecule has 3 N–H and O–H groups in total. The number of carbonyl (C=O) groups excluding carboxylic acids is 2. The molecule has 12 nitrogen and oxygen atoms in total. The number of benzene rings is 3. The number of nitrogens with one attached hydrogen (secondary N) is 2. The molecule has 3 aromatic carbocycles. The summed E-state index contributed by atoms with van der Waals surface area (Å²) >= 11 is 0. The molecule has 240 valence electrons. The Morgan fingerprint density at radius 3 is 2.49 bits per heavy atom. The van der Waals surface area contributed by atoms with Gasteiger partial charge in [0.15, 0.2) is 11.5 Å². The van der Waals surface area contributed by atoms with Crippen LogP contribution in [0.5, 0.6) is 17.2 Å². The predicted molar refractivity (Wildman–Crippen MR) is 163 cm³/mol. The van der Waals surface area contributed by atoms with E-state index in [1.165, 1.54) is 17.0 Å². The number of urea groups is 1. The van der Waals surface area contributed by atoms with Crippen LogP contribution in [0.1, 0.15) is 19.4 Å². The lowest BCUT2D eigenvalue weighted by atomic mass is 10.0. The third-order valence-corrected chi connectivity index (χ3v) is 9.11. The van der Waals surface area contributed by atoms with Gasteiger partial charge in [-0.3, -0.25) is 9.52 Å². The van der Waals surface area contributed by atoms with E-state index in [9.17, 15) is 27.5 Å². The summed E-state index contributed by atoms with van der Waals surface area (Å²) in [5.74, 6) is 0.363. The summed E-state index contributed by atoms with van der Waals surface area (Å²) in [5.41, 5.74) is 1.12. The number of aliphatic hydroxyl groups excluding tert-OH is 1. The van der Waals surface area contributed by atoms with Crippen LogP contribution < -0.4 is 24.2 Å². The fourth-order valence-corrected chi connectivity index (χ4v) is 6.13. The van der Waals surface area contributed by atoms with E-state index in [-0.39, 0.29) is 55.3 Å². The molecule has 45 heavy (non-hydrogen) atoms. The van der Waals surface area contributed by atoms with Crippen LogP contribution >= 0.6 is 0 Å². The van der Waals surface area contributed by atoms with Gasteiger partial charge in [0.2, 0.25) is 12.7 Å². The minimum absolute atomic E-state index is 0.112. The summed E-state index contributed by atoms with van der Waals surface area (Å²) in [7, 11) is -2.42. The zero-order valence-corrected chi connectivity index (χ0v) is 25.8. The van der Waals surface area contributed by atoms with E-state index in [4.69, 9.17) is 14.2 Å². The van der Waals surface area contributed by atoms with Crippen molar-refractivity contribution in [1.29, 1.82) is 0 Å². The van der Waals surface area contributed by atoms with Gasteiger partial charge in [-0.25, -0.2) is 17.6 Å². The molecule has 0 saturated heterocycles. The Morgan fingerprint density at radius 2 is 1.76 bits per heavy atom. The average Bonchev–Trinajstić information content (AvgIpc) is 3.48. The average molecular weight is 643 g/mol. The topological polar surface area (TPSA) is 147 Å². The molecule has 0 bridgehead atoms. The van der Waals surface area contributed by atoms with Crippen molar-refractivity contribution in [3.63, 3.8) is 0 Å². The number of hydrogen-bond donors (Lipinski definition) is 3. The number of hydrogen-bond acceptors (Lipinski definition) is 8. The monoisotopic (exact) mass is 642 g/mol. The lowest BCUT2D eigenvalue weighted by Crippen LogP contribution is -2.48. The summed E-state index contributed by atoms with van der Waals surface area (Å²) < 4.78 is 58.9. The van der Waals surface area contributed by atoms with Crippen LogP contribution in [0.25, 0.3) is 0 Å². The largest absolute Gasteiger partial charge is 0.488 e. The summed E-state index contributed by atoms with van der Waals surface area (Å²) in [6.45, 7) is 3.88. The Morgan fingerprint density at radius 1 is 1.07 bits per heavy atom. The van der Waals surface area contributed by atoms with Crippen LogP contribution in [-0.2, 0) is 21.2 Å². The van der Waals surface area contributed by atoms with Crippen molar-refractivity contribution in [2.45, 2.75) is 37.3 Å². The lowest BCUT2D eigenvalue weighted by molar-refractivity contribution is -0.134. The Bertz CT molecular complexity index is 1670. The Balaban J connectivity index is 1.38. The van der Waals surface area contributed by atoms with Crippen LogP contribution in [0.2, 0.25) is 0 Å². The molecule has 5 rings (SSSR count). The highest BCUT2D eigenvalue weighted by Gasteiger charge is 2.32. The minimum atomic E-state index is -4.05. The van der Waals surface area contributed by atoms with Crippen molar-refractivity contribution in [2.24, 2.45) is 5.92 Å². The zero-order chi connectivity index (χ0) is 32.3. The molecular weight excluding hydrogens is 607 g/mol. The SMILES string of the molecule is C[C@H]1CN([C@@H](C)CO)C(=O)Cc2cc(NS(=O)(=O)c3ccc(F)cc3)ccc2O[C@H]1CN(C)C(=O)Nc1ccc2c(c1)OCO2. The van der Waals surface area contributed by atoms with Gasteiger partial charge in [0, 0.05) is 42.5 Å². The van der Waals surface area contributed by atoms with Crippen molar-refractivity contribution in [3.8, 4) is 17.2 Å². The van der Waals surface area contributed by atoms with E-state index in [0.717, 1.165) is 24.3 Å². The molecule has 0 fully saturated rings. The number of ether oxygens (including phenoxy) is 3. The molecule has 0 radical (unpaired) electrons. The molecule has 3 aromatic rings. The highest BCUT2D eigenvalue weighted by molar-refractivity contribution is 7.92. The van der Waals surface area contributed by atoms with Gasteiger partial charge < -0.3 is 34.4 Å². The molecule has 3 atom stereocenters. The van der Waals surface area contributed by atoms with Crippen LogP contribution in [-0.4, -0.2) is 80.9 Å². The normalized spacial score (nSPS) is 18.5. The van der Waals surface area contributed by atoms with E-state index < -0.39 is 34.0 Å². The fourth-order valence-electron chi connectivity index (χ4n) is 5.08. The number of rotatable bonds is 8. The van der Waals surface area contributed by atoms with Gasteiger partial charge in [-0.15, -0.1) is 0 Å². The number of likely N-dealkylation sites (N-methyl/N-ethyl adjacent to an activating group) is 1. The molecule has 0 aliphatic carbocycles. The second-order valence-corrected chi connectivity index (χ2v) is 12.8. The van der Waals surface area contributed by atoms with Crippen molar-refractivity contribution < 1.29 is 41.7 Å². The fraction of sp³-hybridized carbons (Fsp3) is 0.355. The summed E-state index contributed by atoms with van der Waals surface area (Å²) in [5, 5.41) is 12.7. The van der Waals surface area contributed by atoms with E-state index in [1.807, 2.05) is 6.92 Å². The van der Waals surface area contributed by atoms with Crippen LogP contribution in [0, 0.1) is 11.7 Å². The van der Waals surface area contributed by atoms with Gasteiger partial charge in [0.25, 0.3) is 10.0 Å². The van der Waals surface area contributed by atoms with E-state index >= 15 is 0 Å². The Labute approximate surface area is 260 Å². The number of halogens is 1. The number of aliphatic hydroxyl groups is 1.